The molecule has 0 saturated heterocycles. The lowest BCUT2D eigenvalue weighted by molar-refractivity contribution is -0.120. The van der Waals surface area contributed by atoms with Crippen molar-refractivity contribution in [1.82, 2.24) is 15.6 Å². The van der Waals surface area contributed by atoms with Gasteiger partial charge < -0.3 is 5.10 Å². The van der Waals surface area contributed by atoms with E-state index in [1.165, 1.54) is 12.3 Å². The number of benzene rings is 1. The van der Waals surface area contributed by atoms with Crippen molar-refractivity contribution in [2.75, 3.05) is 0 Å². The smallest absolute Gasteiger partial charge is 0.264 e. The summed E-state index contributed by atoms with van der Waals surface area (Å²) in [7, 11) is 0. The molecule has 2 rings (SSSR count). The topological polar surface area (TPSA) is 90.1 Å². The van der Waals surface area contributed by atoms with Crippen molar-refractivity contribution < 1.29 is 4.79 Å². The lowest BCUT2D eigenvalue weighted by Gasteiger charge is -1.99. The monoisotopic (exact) mass is 312 g/mol. The fourth-order valence-corrected chi connectivity index (χ4v) is 1.76. The maximum absolute atomic E-state index is 11.5. The van der Waals surface area contributed by atoms with E-state index in [4.69, 9.17) is 23.2 Å². The highest BCUT2D eigenvalue weighted by Crippen LogP contribution is 2.21. The summed E-state index contributed by atoms with van der Waals surface area (Å²) in [5.41, 5.74) is 3.24. The number of hydrazone groups is 1. The molecule has 0 atom stereocenters. The van der Waals surface area contributed by atoms with Crippen molar-refractivity contribution in [3.8, 4) is 0 Å². The SMILES string of the molecule is O=C(Cc1cc(=O)[nH][nH]1)N/N=C/c1ccc(Cl)c(Cl)c1. The molecule has 0 bridgehead atoms. The highest BCUT2D eigenvalue weighted by Gasteiger charge is 2.04. The molecule has 0 unspecified atom stereocenters. The van der Waals surface area contributed by atoms with Crippen LogP contribution in [0.3, 0.4) is 0 Å². The summed E-state index contributed by atoms with van der Waals surface area (Å²) in [6.45, 7) is 0. The number of hydrogen-bond donors (Lipinski definition) is 3. The molecule has 0 radical (unpaired) electrons. The van der Waals surface area contributed by atoms with Crippen LogP contribution in [0.15, 0.2) is 34.2 Å². The van der Waals surface area contributed by atoms with Gasteiger partial charge >= 0.3 is 0 Å². The summed E-state index contributed by atoms with van der Waals surface area (Å²) in [5, 5.41) is 9.56. The molecule has 1 heterocycles. The standard InChI is InChI=1S/C12H10Cl2N4O2/c13-9-2-1-7(3-10(9)14)6-15-17-11(19)4-8-5-12(20)18-16-8/h1-3,5-6H,4H2,(H,17,19)(H2,16,18,20)/b15-6+. The van der Waals surface area contributed by atoms with E-state index in [0.29, 0.717) is 21.3 Å². The summed E-state index contributed by atoms with van der Waals surface area (Å²) < 4.78 is 0. The molecule has 0 spiro atoms. The second-order valence-corrected chi connectivity index (χ2v) is 4.74. The van der Waals surface area contributed by atoms with Crippen LogP contribution in [0.25, 0.3) is 0 Å². The normalized spacial score (nSPS) is 10.9. The Morgan fingerprint density at radius 1 is 1.25 bits per heavy atom. The van der Waals surface area contributed by atoms with Gasteiger partial charge in [0.1, 0.15) is 0 Å². The third-order valence-corrected chi connectivity index (χ3v) is 3.09. The minimum atomic E-state index is -0.350. The van der Waals surface area contributed by atoms with Crippen molar-refractivity contribution in [2.24, 2.45) is 5.10 Å². The number of carbonyl (C=O) groups is 1. The van der Waals surface area contributed by atoms with Crippen molar-refractivity contribution >= 4 is 35.3 Å². The van der Waals surface area contributed by atoms with Crippen molar-refractivity contribution in [2.45, 2.75) is 6.42 Å². The van der Waals surface area contributed by atoms with Crippen LogP contribution in [-0.4, -0.2) is 22.3 Å². The molecule has 1 aromatic heterocycles. The minimum absolute atomic E-state index is 0.0253. The first-order valence-corrected chi connectivity index (χ1v) is 6.34. The first kappa shape index (κ1) is 14.4. The van der Waals surface area contributed by atoms with E-state index in [1.807, 2.05) is 0 Å². The second kappa shape index (κ2) is 6.40. The average molecular weight is 313 g/mol. The van der Waals surface area contributed by atoms with E-state index in [9.17, 15) is 9.59 Å². The quantitative estimate of drug-likeness (QED) is 0.592. The van der Waals surface area contributed by atoms with Gasteiger partial charge in [-0.05, 0) is 17.7 Å². The molecular weight excluding hydrogens is 303 g/mol. The fraction of sp³-hybridized carbons (Fsp3) is 0.0833. The Balaban J connectivity index is 1.90. The number of rotatable bonds is 4. The Kier molecular flexibility index (Phi) is 4.60. The Hall–Kier alpha value is -2.05. The molecule has 0 aliphatic rings. The van der Waals surface area contributed by atoms with E-state index in [1.54, 1.807) is 18.2 Å². The lowest BCUT2D eigenvalue weighted by atomic mass is 10.2. The van der Waals surface area contributed by atoms with Crippen LogP contribution in [0, 0.1) is 0 Å². The molecule has 2 aromatic rings. The van der Waals surface area contributed by atoms with E-state index in [0.717, 1.165) is 0 Å². The van der Waals surface area contributed by atoms with Crippen LogP contribution < -0.4 is 11.0 Å². The number of H-pyrrole nitrogens is 2. The fourth-order valence-electron chi connectivity index (χ4n) is 1.45. The number of aromatic amines is 2. The third-order valence-electron chi connectivity index (χ3n) is 2.35. The van der Waals surface area contributed by atoms with Gasteiger partial charge in [0.25, 0.3) is 5.56 Å². The van der Waals surface area contributed by atoms with Gasteiger partial charge in [-0.15, -0.1) is 0 Å². The summed E-state index contributed by atoms with van der Waals surface area (Å²) in [6, 6.07) is 6.29. The number of hydrogen-bond acceptors (Lipinski definition) is 3. The van der Waals surface area contributed by atoms with Crippen molar-refractivity contribution in [3.63, 3.8) is 0 Å². The van der Waals surface area contributed by atoms with Gasteiger partial charge in [-0.25, -0.2) is 5.43 Å². The Labute approximate surface area is 123 Å². The molecule has 0 saturated carbocycles. The van der Waals surface area contributed by atoms with E-state index in [-0.39, 0.29) is 17.9 Å². The third kappa shape index (κ3) is 3.97. The van der Waals surface area contributed by atoms with Crippen LogP contribution in [-0.2, 0) is 11.2 Å². The van der Waals surface area contributed by atoms with Gasteiger partial charge in [-0.2, -0.15) is 5.10 Å². The zero-order valence-corrected chi connectivity index (χ0v) is 11.6. The molecule has 104 valence electrons. The predicted molar refractivity (Wildman–Crippen MR) is 77.3 cm³/mol. The Morgan fingerprint density at radius 3 is 2.70 bits per heavy atom. The van der Waals surface area contributed by atoms with Gasteiger partial charge in [-0.3, -0.25) is 14.7 Å². The number of nitrogens with one attached hydrogen (secondary N) is 3. The Bertz CT molecular complexity index is 705. The highest BCUT2D eigenvalue weighted by molar-refractivity contribution is 6.42. The largest absolute Gasteiger partial charge is 0.302 e. The molecule has 6 nitrogen and oxygen atoms in total. The summed E-state index contributed by atoms with van der Waals surface area (Å²) in [6.07, 6.45) is 1.47. The first-order valence-electron chi connectivity index (χ1n) is 5.58. The molecule has 0 aliphatic heterocycles. The molecule has 3 N–H and O–H groups in total. The summed E-state index contributed by atoms with van der Waals surface area (Å²) >= 11 is 11.6. The van der Waals surface area contributed by atoms with Crippen LogP contribution in [0.1, 0.15) is 11.3 Å². The second-order valence-electron chi connectivity index (χ2n) is 3.93. The van der Waals surface area contributed by atoms with Crippen LogP contribution >= 0.6 is 23.2 Å². The first-order chi connectivity index (χ1) is 9.54. The van der Waals surface area contributed by atoms with Crippen LogP contribution in [0.5, 0.6) is 0 Å². The minimum Gasteiger partial charge on any atom is -0.302 e. The van der Waals surface area contributed by atoms with Gasteiger partial charge in [0.2, 0.25) is 5.91 Å². The zero-order chi connectivity index (χ0) is 14.5. The van der Waals surface area contributed by atoms with Gasteiger partial charge in [-0.1, -0.05) is 29.3 Å². The predicted octanol–water partition coefficient (Wildman–Crippen LogP) is 1.70. The number of carbonyl (C=O) groups excluding carboxylic acids is 1. The van der Waals surface area contributed by atoms with Gasteiger partial charge in [0.05, 0.1) is 22.7 Å². The van der Waals surface area contributed by atoms with Gasteiger partial charge in [0.15, 0.2) is 0 Å². The summed E-state index contributed by atoms with van der Waals surface area (Å²) in [5.74, 6) is -0.350. The van der Waals surface area contributed by atoms with Crippen molar-refractivity contribution in [3.05, 3.63) is 55.9 Å². The van der Waals surface area contributed by atoms with E-state index >= 15 is 0 Å². The molecule has 0 aliphatic carbocycles. The van der Waals surface area contributed by atoms with Crippen LogP contribution in [0.4, 0.5) is 0 Å². The number of amides is 1. The van der Waals surface area contributed by atoms with Gasteiger partial charge in [0, 0.05) is 11.8 Å². The lowest BCUT2D eigenvalue weighted by Crippen LogP contribution is -2.20. The summed E-state index contributed by atoms with van der Waals surface area (Å²) in [4.78, 5) is 22.4. The molecule has 20 heavy (non-hydrogen) atoms. The molecule has 1 amide bonds. The van der Waals surface area contributed by atoms with Crippen LogP contribution in [0.2, 0.25) is 10.0 Å². The van der Waals surface area contributed by atoms with Crippen molar-refractivity contribution in [1.29, 1.82) is 0 Å². The highest BCUT2D eigenvalue weighted by atomic mass is 35.5. The van der Waals surface area contributed by atoms with E-state index < -0.39 is 0 Å². The number of aromatic nitrogens is 2. The maximum atomic E-state index is 11.5. The number of nitrogens with zero attached hydrogens (tertiary/aromatic N) is 1. The number of halogens is 2. The molecule has 1 aromatic carbocycles. The molecular formula is C12H10Cl2N4O2. The molecule has 0 fully saturated rings. The average Bonchev–Trinajstić information content (AvgIpc) is 2.79. The molecule has 8 heteroatoms. The Morgan fingerprint density at radius 2 is 2.05 bits per heavy atom. The maximum Gasteiger partial charge on any atom is 0.264 e. The van der Waals surface area contributed by atoms with E-state index in [2.05, 4.69) is 20.7 Å². The zero-order valence-electron chi connectivity index (χ0n) is 10.1.